The molecule has 0 saturated carbocycles. The maximum atomic E-state index is 6.56. The van der Waals surface area contributed by atoms with E-state index in [0.717, 1.165) is 28.0 Å². The summed E-state index contributed by atoms with van der Waals surface area (Å²) in [6, 6.07) is 25.5. The lowest BCUT2D eigenvalue weighted by Crippen LogP contribution is -2.28. The second-order valence-corrected chi connectivity index (χ2v) is 9.10. The van der Waals surface area contributed by atoms with Crippen LogP contribution in [0.25, 0.3) is 28.0 Å². The zero-order valence-electron chi connectivity index (χ0n) is 18.1. The fraction of sp³-hybridized carbons (Fsp3) is 0.115. The van der Waals surface area contributed by atoms with Crippen LogP contribution in [0, 0.1) is 0 Å². The van der Waals surface area contributed by atoms with Crippen LogP contribution in [-0.4, -0.2) is 19.7 Å². The normalized spacial score (nSPS) is 11.6. The molecule has 5 aromatic rings. The lowest BCUT2D eigenvalue weighted by atomic mass is 9.94. The minimum absolute atomic E-state index is 0.378. The molecule has 5 nitrogen and oxygen atoms in total. The third-order valence-electron chi connectivity index (χ3n) is 5.58. The summed E-state index contributed by atoms with van der Waals surface area (Å²) in [5.74, 6) is 0.648. The highest BCUT2D eigenvalue weighted by molar-refractivity contribution is 6.32. The van der Waals surface area contributed by atoms with E-state index in [1.54, 1.807) is 6.33 Å². The van der Waals surface area contributed by atoms with Crippen molar-refractivity contribution < 1.29 is 0 Å². The summed E-state index contributed by atoms with van der Waals surface area (Å²) in [5, 5.41) is 9.75. The van der Waals surface area contributed by atoms with Crippen molar-refractivity contribution in [3.8, 4) is 16.9 Å². The number of nitrogens with zero attached hydrogens (tertiary/aromatic N) is 4. The van der Waals surface area contributed by atoms with E-state index in [2.05, 4.69) is 41.3 Å². The number of hydrogen-bond acceptors (Lipinski definition) is 4. The molecule has 0 bridgehead atoms. The van der Waals surface area contributed by atoms with Crippen LogP contribution >= 0.6 is 23.2 Å². The zero-order chi connectivity index (χ0) is 23.0. The molecule has 3 aromatic carbocycles. The first-order valence-corrected chi connectivity index (χ1v) is 11.3. The van der Waals surface area contributed by atoms with Gasteiger partial charge in [-0.2, -0.15) is 5.10 Å². The molecule has 0 radical (unpaired) electrons. The Morgan fingerprint density at radius 1 is 0.788 bits per heavy atom. The van der Waals surface area contributed by atoms with Crippen molar-refractivity contribution in [2.75, 3.05) is 5.32 Å². The maximum Gasteiger partial charge on any atom is 0.158 e. The molecule has 2 heterocycles. The predicted molar refractivity (Wildman–Crippen MR) is 135 cm³/mol. The van der Waals surface area contributed by atoms with E-state index in [4.69, 9.17) is 28.3 Å². The fourth-order valence-electron chi connectivity index (χ4n) is 3.88. The molecule has 1 N–H and O–H groups in total. The van der Waals surface area contributed by atoms with Crippen LogP contribution in [-0.2, 0) is 5.54 Å². The molecular weight excluding hydrogens is 453 g/mol. The van der Waals surface area contributed by atoms with E-state index >= 15 is 0 Å². The summed E-state index contributed by atoms with van der Waals surface area (Å²) < 4.78 is 1.83. The second-order valence-electron chi connectivity index (χ2n) is 8.25. The standard InChI is InChI=1S/C26H21Cl2N5/c1-26(2,18-8-4-3-5-9-18)31-25-23-22(29-16-30-25)24(17-12-14-19(27)15-13-17)33(32-23)21-11-7-6-10-20(21)28/h3-16H,1-2H3,(H,29,30,31). The number of para-hydroxylation sites is 1. The van der Waals surface area contributed by atoms with Crippen molar-refractivity contribution >= 4 is 40.1 Å². The molecule has 0 aliphatic rings. The van der Waals surface area contributed by atoms with E-state index in [1.165, 1.54) is 0 Å². The molecule has 0 aliphatic heterocycles. The van der Waals surface area contributed by atoms with Gasteiger partial charge in [0.25, 0.3) is 0 Å². The van der Waals surface area contributed by atoms with Crippen LogP contribution in [0.4, 0.5) is 5.82 Å². The predicted octanol–water partition coefficient (Wildman–Crippen LogP) is 7.14. The molecule has 2 aromatic heterocycles. The largest absolute Gasteiger partial charge is 0.359 e. The summed E-state index contributed by atoms with van der Waals surface area (Å²) in [5.41, 5.74) is 4.64. The lowest BCUT2D eigenvalue weighted by Gasteiger charge is -2.27. The average Bonchev–Trinajstić information content (AvgIpc) is 3.21. The Hall–Kier alpha value is -3.41. The quantitative estimate of drug-likeness (QED) is 0.294. The van der Waals surface area contributed by atoms with Gasteiger partial charge in [0.2, 0.25) is 0 Å². The summed E-state index contributed by atoms with van der Waals surface area (Å²) in [6.45, 7) is 4.23. The Kier molecular flexibility index (Phi) is 5.52. The summed E-state index contributed by atoms with van der Waals surface area (Å²) in [4.78, 5) is 9.15. The highest BCUT2D eigenvalue weighted by Crippen LogP contribution is 2.36. The molecule has 5 rings (SSSR count). The van der Waals surface area contributed by atoms with Gasteiger partial charge in [-0.25, -0.2) is 14.6 Å². The van der Waals surface area contributed by atoms with E-state index in [1.807, 2.05) is 71.4 Å². The van der Waals surface area contributed by atoms with Gasteiger partial charge >= 0.3 is 0 Å². The van der Waals surface area contributed by atoms with Gasteiger partial charge in [0, 0.05) is 10.6 Å². The van der Waals surface area contributed by atoms with Gasteiger partial charge in [-0.15, -0.1) is 0 Å². The van der Waals surface area contributed by atoms with Gasteiger partial charge in [-0.3, -0.25) is 0 Å². The van der Waals surface area contributed by atoms with Gasteiger partial charge in [-0.1, -0.05) is 77.8 Å². The molecule has 0 saturated heterocycles. The van der Waals surface area contributed by atoms with Crippen LogP contribution in [0.15, 0.2) is 85.2 Å². The number of halogens is 2. The minimum atomic E-state index is -0.378. The Balaban J connectivity index is 1.72. The number of rotatable bonds is 5. The Morgan fingerprint density at radius 3 is 2.21 bits per heavy atom. The molecule has 0 spiro atoms. The monoisotopic (exact) mass is 473 g/mol. The third kappa shape index (κ3) is 4.06. The molecule has 0 fully saturated rings. The van der Waals surface area contributed by atoms with Crippen molar-refractivity contribution in [1.82, 2.24) is 19.7 Å². The van der Waals surface area contributed by atoms with E-state index < -0.39 is 0 Å². The Bertz CT molecular complexity index is 1430. The van der Waals surface area contributed by atoms with Gasteiger partial charge < -0.3 is 5.32 Å². The molecule has 0 amide bonds. The highest BCUT2D eigenvalue weighted by Gasteiger charge is 2.25. The topological polar surface area (TPSA) is 55.6 Å². The van der Waals surface area contributed by atoms with Gasteiger partial charge in [0.1, 0.15) is 17.5 Å². The van der Waals surface area contributed by atoms with Crippen molar-refractivity contribution in [2.24, 2.45) is 0 Å². The number of hydrogen-bond donors (Lipinski definition) is 1. The molecule has 0 atom stereocenters. The lowest BCUT2D eigenvalue weighted by molar-refractivity contribution is 0.606. The maximum absolute atomic E-state index is 6.56. The minimum Gasteiger partial charge on any atom is -0.359 e. The number of nitrogens with one attached hydrogen (secondary N) is 1. The number of fused-ring (bicyclic) bond motifs is 1. The number of benzene rings is 3. The molecule has 0 unspecified atom stereocenters. The van der Waals surface area contributed by atoms with Gasteiger partial charge in [0.05, 0.1) is 16.2 Å². The number of aromatic nitrogens is 4. The molecule has 164 valence electrons. The van der Waals surface area contributed by atoms with Crippen LogP contribution in [0.2, 0.25) is 10.0 Å². The van der Waals surface area contributed by atoms with E-state index in [0.29, 0.717) is 21.4 Å². The SMILES string of the molecule is CC(C)(Nc1ncnc2c(-c3ccc(Cl)cc3)n(-c3ccccc3Cl)nc12)c1ccccc1. The molecular formula is C26H21Cl2N5. The van der Waals surface area contributed by atoms with Gasteiger partial charge in [0.15, 0.2) is 11.3 Å². The third-order valence-corrected chi connectivity index (χ3v) is 6.15. The number of anilines is 1. The first-order chi connectivity index (χ1) is 15.9. The summed E-state index contributed by atoms with van der Waals surface area (Å²) in [6.07, 6.45) is 1.56. The Morgan fingerprint density at radius 2 is 1.48 bits per heavy atom. The highest BCUT2D eigenvalue weighted by atomic mass is 35.5. The second kappa shape index (κ2) is 8.50. The van der Waals surface area contributed by atoms with Crippen molar-refractivity contribution in [2.45, 2.75) is 19.4 Å². The van der Waals surface area contributed by atoms with Crippen molar-refractivity contribution in [3.05, 3.63) is 101 Å². The summed E-state index contributed by atoms with van der Waals surface area (Å²) in [7, 11) is 0. The first-order valence-electron chi connectivity index (χ1n) is 10.5. The Labute approximate surface area is 202 Å². The van der Waals surface area contributed by atoms with Crippen LogP contribution in [0.5, 0.6) is 0 Å². The average molecular weight is 474 g/mol. The fourth-order valence-corrected chi connectivity index (χ4v) is 4.22. The van der Waals surface area contributed by atoms with Crippen LogP contribution in [0.3, 0.4) is 0 Å². The van der Waals surface area contributed by atoms with Crippen LogP contribution < -0.4 is 5.32 Å². The van der Waals surface area contributed by atoms with Crippen LogP contribution in [0.1, 0.15) is 19.4 Å². The smallest absolute Gasteiger partial charge is 0.158 e. The van der Waals surface area contributed by atoms with Gasteiger partial charge in [-0.05, 0) is 43.7 Å². The molecule has 33 heavy (non-hydrogen) atoms. The molecule has 0 aliphatic carbocycles. The zero-order valence-corrected chi connectivity index (χ0v) is 19.6. The van der Waals surface area contributed by atoms with E-state index in [9.17, 15) is 0 Å². The first kappa shape index (κ1) is 21.4. The molecule has 7 heteroatoms. The van der Waals surface area contributed by atoms with Crippen molar-refractivity contribution in [1.29, 1.82) is 0 Å². The van der Waals surface area contributed by atoms with Crippen molar-refractivity contribution in [3.63, 3.8) is 0 Å². The summed E-state index contributed by atoms with van der Waals surface area (Å²) >= 11 is 12.7. The van der Waals surface area contributed by atoms with E-state index in [-0.39, 0.29) is 5.54 Å².